The van der Waals surface area contributed by atoms with Crippen molar-refractivity contribution in [1.82, 2.24) is 9.78 Å². The van der Waals surface area contributed by atoms with Crippen LogP contribution in [0.15, 0.2) is 54.7 Å². The van der Waals surface area contributed by atoms with Gasteiger partial charge in [-0.25, -0.2) is 13.9 Å². The van der Waals surface area contributed by atoms with Crippen LogP contribution >= 0.6 is 0 Å². The van der Waals surface area contributed by atoms with Gasteiger partial charge in [0.2, 0.25) is 0 Å². The Labute approximate surface area is 144 Å². The Hall–Kier alpha value is -3.15. The topological polar surface area (TPSA) is 53.4 Å². The zero-order valence-electron chi connectivity index (χ0n) is 13.9. The molecule has 0 spiro atoms. The minimum atomic E-state index is -0.491. The van der Waals surface area contributed by atoms with Gasteiger partial charge in [-0.1, -0.05) is 6.07 Å². The van der Waals surface area contributed by atoms with Gasteiger partial charge >= 0.3 is 5.97 Å². The molecule has 6 heteroatoms. The number of nitrogens with zero attached hydrogens (tertiary/aromatic N) is 2. The van der Waals surface area contributed by atoms with Gasteiger partial charge in [-0.05, 0) is 55.0 Å². The number of benzene rings is 2. The van der Waals surface area contributed by atoms with E-state index in [9.17, 15) is 9.18 Å². The van der Waals surface area contributed by atoms with Gasteiger partial charge in [0, 0.05) is 11.9 Å². The molecule has 0 unspecified atom stereocenters. The second-order valence-electron chi connectivity index (χ2n) is 5.48. The molecule has 0 saturated heterocycles. The van der Waals surface area contributed by atoms with Crippen molar-refractivity contribution in [2.24, 2.45) is 0 Å². The highest BCUT2D eigenvalue weighted by molar-refractivity contribution is 5.89. The molecular weight excluding hydrogens is 323 g/mol. The molecular formula is C19H17FN2O3. The number of methoxy groups -OCH3 is 1. The molecule has 2 aromatic carbocycles. The Morgan fingerprint density at radius 2 is 1.92 bits per heavy atom. The van der Waals surface area contributed by atoms with Crippen molar-refractivity contribution in [3.05, 3.63) is 77.4 Å². The molecule has 0 fully saturated rings. The second-order valence-corrected chi connectivity index (χ2v) is 5.48. The fourth-order valence-corrected chi connectivity index (χ4v) is 2.41. The van der Waals surface area contributed by atoms with Crippen LogP contribution in [0.25, 0.3) is 5.69 Å². The maximum atomic E-state index is 13.6. The van der Waals surface area contributed by atoms with Gasteiger partial charge in [-0.2, -0.15) is 5.10 Å². The lowest BCUT2D eigenvalue weighted by molar-refractivity contribution is 0.0472. The summed E-state index contributed by atoms with van der Waals surface area (Å²) in [5, 5.41) is 4.21. The number of carbonyl (C=O) groups is 1. The molecule has 0 aliphatic rings. The summed E-state index contributed by atoms with van der Waals surface area (Å²) in [7, 11) is 1.40. The minimum absolute atomic E-state index is 0.0141. The van der Waals surface area contributed by atoms with Crippen molar-refractivity contribution in [1.29, 1.82) is 0 Å². The Morgan fingerprint density at radius 1 is 1.16 bits per heavy atom. The minimum Gasteiger partial charge on any atom is -0.494 e. The van der Waals surface area contributed by atoms with Crippen molar-refractivity contribution >= 4 is 5.97 Å². The van der Waals surface area contributed by atoms with Gasteiger partial charge < -0.3 is 9.47 Å². The number of hydrogen-bond donors (Lipinski definition) is 0. The summed E-state index contributed by atoms with van der Waals surface area (Å²) in [6, 6.07) is 13.3. The van der Waals surface area contributed by atoms with E-state index in [-0.39, 0.29) is 12.4 Å². The van der Waals surface area contributed by atoms with Crippen LogP contribution in [0.1, 0.15) is 21.6 Å². The molecule has 3 rings (SSSR count). The van der Waals surface area contributed by atoms with Crippen LogP contribution < -0.4 is 4.74 Å². The predicted molar refractivity (Wildman–Crippen MR) is 90.4 cm³/mol. The van der Waals surface area contributed by atoms with E-state index in [0.717, 1.165) is 11.4 Å². The molecule has 0 bridgehead atoms. The first-order chi connectivity index (χ1) is 12.1. The van der Waals surface area contributed by atoms with Crippen LogP contribution in [0.4, 0.5) is 4.39 Å². The lowest BCUT2D eigenvalue weighted by atomic mass is 10.2. The average molecular weight is 340 g/mol. The number of carbonyl (C=O) groups excluding carboxylic acids is 1. The van der Waals surface area contributed by atoms with Gasteiger partial charge in [0.25, 0.3) is 0 Å². The summed E-state index contributed by atoms with van der Waals surface area (Å²) in [5.74, 6) is -0.811. The Balaban J connectivity index is 1.65. The van der Waals surface area contributed by atoms with Crippen LogP contribution in [0.3, 0.4) is 0 Å². The van der Waals surface area contributed by atoms with Crippen molar-refractivity contribution < 1.29 is 18.7 Å². The third kappa shape index (κ3) is 3.68. The number of aromatic nitrogens is 2. The summed E-state index contributed by atoms with van der Waals surface area (Å²) in [6.07, 6.45) is 1.71. The van der Waals surface area contributed by atoms with Gasteiger partial charge in [-0.3, -0.25) is 0 Å². The molecule has 0 amide bonds. The monoisotopic (exact) mass is 340 g/mol. The zero-order valence-corrected chi connectivity index (χ0v) is 13.9. The Kier molecular flexibility index (Phi) is 4.79. The van der Waals surface area contributed by atoms with Crippen molar-refractivity contribution in [3.8, 4) is 11.4 Å². The lowest BCUT2D eigenvalue weighted by Gasteiger charge is -2.08. The lowest BCUT2D eigenvalue weighted by Crippen LogP contribution is -2.06. The normalized spacial score (nSPS) is 10.5. The number of esters is 1. The van der Waals surface area contributed by atoms with E-state index < -0.39 is 11.8 Å². The van der Waals surface area contributed by atoms with Crippen LogP contribution in [0.5, 0.6) is 5.75 Å². The molecule has 0 saturated carbocycles. The first kappa shape index (κ1) is 16.7. The largest absolute Gasteiger partial charge is 0.494 e. The maximum Gasteiger partial charge on any atom is 0.338 e. The van der Waals surface area contributed by atoms with E-state index in [4.69, 9.17) is 9.47 Å². The first-order valence-corrected chi connectivity index (χ1v) is 7.69. The summed E-state index contributed by atoms with van der Waals surface area (Å²) in [4.78, 5) is 12.1. The fraction of sp³-hybridized carbons (Fsp3) is 0.158. The summed E-state index contributed by atoms with van der Waals surface area (Å²) >= 11 is 0. The van der Waals surface area contributed by atoms with Gasteiger partial charge in [-0.15, -0.1) is 0 Å². The van der Waals surface area contributed by atoms with Crippen molar-refractivity contribution in [3.63, 3.8) is 0 Å². The molecule has 1 heterocycles. The second kappa shape index (κ2) is 7.17. The molecule has 3 aromatic rings. The van der Waals surface area contributed by atoms with Crippen LogP contribution in [0.2, 0.25) is 0 Å². The maximum absolute atomic E-state index is 13.6. The molecule has 0 N–H and O–H groups in total. The van der Waals surface area contributed by atoms with E-state index in [1.165, 1.54) is 19.2 Å². The number of halogens is 1. The van der Waals surface area contributed by atoms with Gasteiger partial charge in [0.05, 0.1) is 18.4 Å². The molecule has 128 valence electrons. The Bertz CT molecular complexity index is 888. The first-order valence-electron chi connectivity index (χ1n) is 7.69. The van der Waals surface area contributed by atoms with E-state index >= 15 is 0 Å². The average Bonchev–Trinajstić information content (AvgIpc) is 3.06. The van der Waals surface area contributed by atoms with Crippen LogP contribution in [-0.2, 0) is 11.3 Å². The number of rotatable bonds is 5. The van der Waals surface area contributed by atoms with E-state index in [2.05, 4.69) is 5.10 Å². The highest BCUT2D eigenvalue weighted by atomic mass is 19.1. The van der Waals surface area contributed by atoms with Crippen LogP contribution in [0, 0.1) is 12.7 Å². The molecule has 0 aliphatic carbocycles. The third-order valence-corrected chi connectivity index (χ3v) is 3.77. The SMILES string of the molecule is COc1ccc(COC(=O)c2ccc(-n3nccc3C)cc2)cc1F. The standard InChI is InChI=1S/C19H17FN2O3/c1-13-9-10-21-22(13)16-6-4-15(5-7-16)19(23)25-12-14-3-8-18(24-2)17(20)11-14/h3-11H,12H2,1-2H3. The quantitative estimate of drug-likeness (QED) is 0.665. The zero-order chi connectivity index (χ0) is 17.8. The Morgan fingerprint density at radius 3 is 2.52 bits per heavy atom. The molecule has 0 aliphatic heterocycles. The molecule has 25 heavy (non-hydrogen) atoms. The molecule has 5 nitrogen and oxygen atoms in total. The van der Waals surface area contributed by atoms with Gasteiger partial charge in [0.15, 0.2) is 11.6 Å². The highest BCUT2D eigenvalue weighted by Gasteiger charge is 2.10. The fourth-order valence-electron chi connectivity index (χ4n) is 2.41. The number of hydrogen-bond acceptors (Lipinski definition) is 4. The van der Waals surface area contributed by atoms with E-state index in [1.807, 2.05) is 13.0 Å². The number of aryl methyl sites for hydroxylation is 1. The van der Waals surface area contributed by atoms with Crippen molar-refractivity contribution in [2.75, 3.05) is 7.11 Å². The summed E-state index contributed by atoms with van der Waals surface area (Å²) < 4.78 is 25.5. The molecule has 0 radical (unpaired) electrons. The van der Waals surface area contributed by atoms with Crippen LogP contribution in [-0.4, -0.2) is 22.9 Å². The summed E-state index contributed by atoms with van der Waals surface area (Å²) in [5.41, 5.74) is 2.83. The molecule has 0 atom stereocenters. The predicted octanol–water partition coefficient (Wildman–Crippen LogP) is 3.69. The van der Waals surface area contributed by atoms with Gasteiger partial charge in [0.1, 0.15) is 6.61 Å². The van der Waals surface area contributed by atoms with E-state index in [1.54, 1.807) is 41.2 Å². The third-order valence-electron chi connectivity index (χ3n) is 3.77. The highest BCUT2D eigenvalue weighted by Crippen LogP contribution is 2.19. The van der Waals surface area contributed by atoms with Crippen molar-refractivity contribution in [2.45, 2.75) is 13.5 Å². The number of ether oxygens (including phenoxy) is 2. The molecule has 1 aromatic heterocycles. The smallest absolute Gasteiger partial charge is 0.338 e. The van der Waals surface area contributed by atoms with E-state index in [0.29, 0.717) is 11.1 Å². The summed E-state index contributed by atoms with van der Waals surface area (Å²) in [6.45, 7) is 1.93.